The monoisotopic (exact) mass is 194 g/mol. The molecular weight excluding hydrogens is 188 g/mol. The molecule has 0 radical (unpaired) electrons. The molecule has 0 aliphatic rings. The van der Waals surface area contributed by atoms with Crippen LogP contribution in [0, 0.1) is 0 Å². The maximum atomic E-state index is 11.9. The minimum Gasteiger partial charge on any atom is -1.00 e. The van der Waals surface area contributed by atoms with Gasteiger partial charge < -0.3 is 1.43 Å². The zero-order chi connectivity index (χ0) is 8.27. The number of hydrogen-bond acceptors (Lipinski definition) is 1. The summed E-state index contributed by atoms with van der Waals surface area (Å²) in [5, 5.41) is 0. The van der Waals surface area contributed by atoms with Crippen molar-refractivity contribution >= 4 is 19.0 Å². The van der Waals surface area contributed by atoms with Gasteiger partial charge in [-0.2, -0.15) is 0 Å². The molecule has 0 N–H and O–H groups in total. The van der Waals surface area contributed by atoms with Gasteiger partial charge >= 0.3 is 58.7 Å². The summed E-state index contributed by atoms with van der Waals surface area (Å²) in [7, 11) is -2.46. The molecule has 58 valence electrons. The van der Waals surface area contributed by atoms with E-state index in [4.69, 9.17) is 0 Å². The van der Waals surface area contributed by atoms with Gasteiger partial charge in [0, 0.05) is 5.56 Å². The molecule has 0 atom stereocenters. The molecule has 0 spiro atoms. The molecule has 0 aromatic heterocycles. The second-order valence-electron chi connectivity index (χ2n) is 2.09. The van der Waals surface area contributed by atoms with E-state index < -0.39 is 7.27 Å². The van der Waals surface area contributed by atoms with Crippen LogP contribution in [0.2, 0.25) is 0 Å². The summed E-state index contributed by atoms with van der Waals surface area (Å²) in [6, 6.07) is 5.23. The molecule has 1 aromatic rings. The van der Waals surface area contributed by atoms with Gasteiger partial charge in [-0.3, -0.25) is 13.4 Å². The molecule has 0 aliphatic heterocycles. The number of carbonyl (C=O) groups excluding carboxylic acids is 1. The van der Waals surface area contributed by atoms with E-state index >= 15 is 0 Å². The molecule has 0 heterocycles. The molecule has 1 rings (SSSR count). The SMILES string of the molecule is O=Cc1ccc(B(F)F)cc1.[H-].[K+]. The van der Waals surface area contributed by atoms with Crippen LogP contribution in [-0.2, 0) is 0 Å². The van der Waals surface area contributed by atoms with Crippen molar-refractivity contribution in [2.75, 3.05) is 0 Å². The molecule has 0 saturated carbocycles. The van der Waals surface area contributed by atoms with Gasteiger partial charge in [0.1, 0.15) is 6.29 Å². The number of carbonyl (C=O) groups is 1. The van der Waals surface area contributed by atoms with Crippen LogP contribution in [0.15, 0.2) is 24.3 Å². The molecule has 0 saturated heterocycles. The fourth-order valence-electron chi connectivity index (χ4n) is 0.720. The van der Waals surface area contributed by atoms with E-state index in [1.165, 1.54) is 24.3 Å². The predicted octanol–water partition coefficient (Wildman–Crippen LogP) is -1.75. The van der Waals surface area contributed by atoms with Crippen LogP contribution >= 0.6 is 0 Å². The van der Waals surface area contributed by atoms with Crippen LogP contribution in [0.5, 0.6) is 0 Å². The molecule has 0 amide bonds. The van der Waals surface area contributed by atoms with Crippen molar-refractivity contribution in [3.8, 4) is 0 Å². The Morgan fingerprint density at radius 3 is 2.08 bits per heavy atom. The third kappa shape index (κ3) is 3.45. The topological polar surface area (TPSA) is 17.1 Å². The normalized spacial score (nSPS) is 8.50. The molecule has 1 aromatic carbocycles. The van der Waals surface area contributed by atoms with Crippen molar-refractivity contribution in [1.82, 2.24) is 0 Å². The maximum Gasteiger partial charge on any atom is 1.00 e. The van der Waals surface area contributed by atoms with E-state index in [2.05, 4.69) is 0 Å². The van der Waals surface area contributed by atoms with E-state index in [-0.39, 0.29) is 58.3 Å². The number of halogens is 2. The van der Waals surface area contributed by atoms with Crippen molar-refractivity contribution in [2.45, 2.75) is 0 Å². The largest absolute Gasteiger partial charge is 1.00 e. The third-order valence-electron chi connectivity index (χ3n) is 1.32. The maximum absolute atomic E-state index is 11.9. The summed E-state index contributed by atoms with van der Waals surface area (Å²) in [6.07, 6.45) is 0.620. The Bertz CT molecular complexity index is 255. The smallest absolute Gasteiger partial charge is 1.00 e. The Balaban J connectivity index is 0. The first-order chi connectivity index (χ1) is 5.24. The van der Waals surface area contributed by atoms with Crippen LogP contribution in [0.4, 0.5) is 8.63 Å². The van der Waals surface area contributed by atoms with Crippen molar-refractivity contribution in [3.63, 3.8) is 0 Å². The van der Waals surface area contributed by atoms with Gasteiger partial charge in [-0.05, 0) is 5.46 Å². The minimum atomic E-state index is -2.46. The van der Waals surface area contributed by atoms with Crippen LogP contribution in [0.3, 0.4) is 0 Å². The van der Waals surface area contributed by atoms with Gasteiger partial charge in [-0.25, -0.2) is 0 Å². The Kier molecular flexibility index (Phi) is 6.21. The first kappa shape index (κ1) is 12.5. The average molecular weight is 194 g/mol. The quantitative estimate of drug-likeness (QED) is 0.403. The van der Waals surface area contributed by atoms with Crippen LogP contribution < -0.4 is 56.8 Å². The molecule has 12 heavy (non-hydrogen) atoms. The Hall–Kier alpha value is 0.451. The Labute approximate surface area is 114 Å². The predicted molar refractivity (Wildman–Crippen MR) is 40.5 cm³/mol. The standard InChI is InChI=1S/C7H5BF2O.K.H/c9-8(10)7-3-1-6(5-11)2-4-7;;/h1-5H;;/q;+1;-1. The van der Waals surface area contributed by atoms with Crippen molar-refractivity contribution < 1.29 is 66.2 Å². The summed E-state index contributed by atoms with van der Waals surface area (Å²) >= 11 is 0. The summed E-state index contributed by atoms with van der Waals surface area (Å²) in [5.74, 6) is 0. The first-order valence-electron chi connectivity index (χ1n) is 3.07. The van der Waals surface area contributed by atoms with E-state index in [0.717, 1.165) is 0 Å². The molecular formula is C7H6BF2KO. The first-order valence-corrected chi connectivity index (χ1v) is 3.07. The van der Waals surface area contributed by atoms with E-state index in [1.807, 2.05) is 0 Å². The summed E-state index contributed by atoms with van der Waals surface area (Å²) in [5.41, 5.74) is 0.352. The van der Waals surface area contributed by atoms with Gasteiger partial charge in [0.2, 0.25) is 0 Å². The number of hydrogen-bond donors (Lipinski definition) is 0. The Morgan fingerprint density at radius 2 is 1.75 bits per heavy atom. The van der Waals surface area contributed by atoms with Crippen LogP contribution in [0.1, 0.15) is 11.8 Å². The van der Waals surface area contributed by atoms with Crippen LogP contribution in [0.25, 0.3) is 0 Å². The van der Waals surface area contributed by atoms with Crippen molar-refractivity contribution in [2.24, 2.45) is 0 Å². The van der Waals surface area contributed by atoms with Crippen LogP contribution in [-0.4, -0.2) is 13.6 Å². The van der Waals surface area contributed by atoms with Gasteiger partial charge in [0.25, 0.3) is 0 Å². The molecule has 1 nitrogen and oxygen atoms in total. The van der Waals surface area contributed by atoms with Gasteiger partial charge in [0.05, 0.1) is 0 Å². The molecule has 5 heteroatoms. The van der Waals surface area contributed by atoms with Crippen molar-refractivity contribution in [3.05, 3.63) is 29.8 Å². The Morgan fingerprint density at radius 1 is 1.25 bits per heavy atom. The van der Waals surface area contributed by atoms with E-state index in [9.17, 15) is 13.4 Å². The second kappa shape index (κ2) is 5.99. The fourth-order valence-corrected chi connectivity index (χ4v) is 0.720. The van der Waals surface area contributed by atoms with Gasteiger partial charge in [0.15, 0.2) is 0 Å². The minimum absolute atomic E-state index is 0. The summed E-state index contributed by atoms with van der Waals surface area (Å²) < 4.78 is 23.8. The molecule has 0 fully saturated rings. The zero-order valence-electron chi connectivity index (χ0n) is 7.63. The zero-order valence-corrected chi connectivity index (χ0v) is 9.75. The third-order valence-corrected chi connectivity index (χ3v) is 1.32. The summed E-state index contributed by atoms with van der Waals surface area (Å²) in [6.45, 7) is 0. The summed E-state index contributed by atoms with van der Waals surface area (Å²) in [4.78, 5) is 10.1. The fraction of sp³-hybridized carbons (Fsp3) is 0. The van der Waals surface area contributed by atoms with E-state index in [0.29, 0.717) is 11.8 Å². The van der Waals surface area contributed by atoms with Gasteiger partial charge in [-0.15, -0.1) is 0 Å². The number of benzene rings is 1. The van der Waals surface area contributed by atoms with Crippen molar-refractivity contribution in [1.29, 1.82) is 0 Å². The molecule has 0 aliphatic carbocycles. The average Bonchev–Trinajstić information content (AvgIpc) is 2.05. The van der Waals surface area contributed by atoms with Gasteiger partial charge in [-0.1, -0.05) is 24.3 Å². The molecule has 0 unspecified atom stereocenters. The number of aldehydes is 1. The van der Waals surface area contributed by atoms with E-state index in [1.54, 1.807) is 0 Å². The second-order valence-corrected chi connectivity index (χ2v) is 2.09. The molecule has 0 bridgehead atoms. The number of rotatable bonds is 2.